The Balaban J connectivity index is 1.53. The predicted octanol–water partition coefficient (Wildman–Crippen LogP) is 2.30. The summed E-state index contributed by atoms with van der Waals surface area (Å²) < 4.78 is 1.64. The molecule has 9 heteroatoms. The second-order valence-electron chi connectivity index (χ2n) is 7.63. The van der Waals surface area contributed by atoms with E-state index in [0.29, 0.717) is 34.7 Å². The van der Waals surface area contributed by atoms with E-state index < -0.39 is 0 Å². The maximum atomic E-state index is 12.0. The first-order valence-corrected chi connectivity index (χ1v) is 9.95. The molecule has 1 aliphatic heterocycles. The number of carbonyl (C=O) groups is 2. The van der Waals surface area contributed by atoms with Gasteiger partial charge in [0.15, 0.2) is 5.65 Å². The van der Waals surface area contributed by atoms with E-state index in [1.54, 1.807) is 16.8 Å². The number of hydrogen-bond acceptors (Lipinski definition) is 7. The van der Waals surface area contributed by atoms with E-state index >= 15 is 0 Å². The quantitative estimate of drug-likeness (QED) is 0.427. The Morgan fingerprint density at radius 1 is 1.20 bits per heavy atom. The summed E-state index contributed by atoms with van der Waals surface area (Å²) in [6, 6.07) is 10.4. The molecule has 2 amide bonds. The number of amides is 2. The van der Waals surface area contributed by atoms with Crippen molar-refractivity contribution < 1.29 is 9.59 Å². The topological polar surface area (TPSA) is 113 Å². The molecule has 1 saturated heterocycles. The molecule has 9 nitrogen and oxygen atoms in total. The molecule has 1 unspecified atom stereocenters. The van der Waals surface area contributed by atoms with Crippen LogP contribution < -0.4 is 16.0 Å². The van der Waals surface area contributed by atoms with Crippen molar-refractivity contribution >= 4 is 35.4 Å². The average Bonchev–Trinajstić information content (AvgIpc) is 3.37. The minimum Gasteiger partial charge on any atom is -0.351 e. The Hall–Kier alpha value is -3.75. The van der Waals surface area contributed by atoms with Crippen LogP contribution in [0.4, 0.5) is 11.9 Å². The Morgan fingerprint density at radius 2 is 2.00 bits per heavy atom. The maximum absolute atomic E-state index is 12.0. The van der Waals surface area contributed by atoms with E-state index in [2.05, 4.69) is 31.0 Å². The minimum absolute atomic E-state index is 0.00498. The second kappa shape index (κ2) is 7.25. The fourth-order valence-corrected chi connectivity index (χ4v) is 3.39. The van der Waals surface area contributed by atoms with Gasteiger partial charge in [0.05, 0.1) is 18.7 Å². The number of benzene rings is 1. The summed E-state index contributed by atoms with van der Waals surface area (Å²) in [5.74, 6) is 0.393. The highest BCUT2D eigenvalue weighted by atomic mass is 16.2. The molecule has 1 saturated carbocycles. The highest BCUT2D eigenvalue weighted by Crippen LogP contribution is 2.27. The molecule has 0 spiro atoms. The van der Waals surface area contributed by atoms with Crippen molar-refractivity contribution in [3.8, 4) is 0 Å². The number of rotatable bonds is 6. The van der Waals surface area contributed by atoms with E-state index in [1.165, 1.54) is 0 Å². The molecule has 2 aliphatic rings. The Labute approximate surface area is 172 Å². The number of carbonyl (C=O) groups excluding carboxylic acids is 2. The molecule has 30 heavy (non-hydrogen) atoms. The first-order chi connectivity index (χ1) is 14.6. The third kappa shape index (κ3) is 3.61. The molecule has 3 N–H and O–H groups in total. The smallest absolute Gasteiger partial charge is 0.254 e. The summed E-state index contributed by atoms with van der Waals surface area (Å²) >= 11 is 0. The van der Waals surface area contributed by atoms with Crippen molar-refractivity contribution in [2.45, 2.75) is 38.3 Å². The molecule has 3 aromatic rings. The van der Waals surface area contributed by atoms with Crippen LogP contribution in [0.15, 0.2) is 42.1 Å². The van der Waals surface area contributed by atoms with Crippen LogP contribution >= 0.6 is 0 Å². The second-order valence-corrected chi connectivity index (χ2v) is 7.63. The van der Waals surface area contributed by atoms with Crippen molar-refractivity contribution in [3.05, 3.63) is 53.2 Å². The van der Waals surface area contributed by atoms with E-state index in [1.807, 2.05) is 37.3 Å². The summed E-state index contributed by atoms with van der Waals surface area (Å²) in [7, 11) is 0. The van der Waals surface area contributed by atoms with E-state index in [-0.39, 0.29) is 24.3 Å². The van der Waals surface area contributed by atoms with Crippen molar-refractivity contribution in [3.63, 3.8) is 0 Å². The van der Waals surface area contributed by atoms with Crippen LogP contribution in [0.25, 0.3) is 11.7 Å². The van der Waals surface area contributed by atoms with Gasteiger partial charge in [-0.3, -0.25) is 14.9 Å². The number of nitrogens with zero attached hydrogens (tertiary/aromatic N) is 4. The van der Waals surface area contributed by atoms with Gasteiger partial charge in [-0.25, -0.2) is 0 Å². The van der Waals surface area contributed by atoms with E-state index in [0.717, 1.165) is 18.4 Å². The molecule has 2 fully saturated rings. The minimum atomic E-state index is -0.374. The standard InChI is InChI=1S/C21H21N7O2/c1-12(13-5-3-2-4-6-13)23-20-26-18-15(9-14-10-17(29)25-19(14)30)11-22-28(18)21(27-20)24-16-7-8-16/h2-6,9,11-12,16H,7-8,10H2,1H3,(H,25,29,30)(H2,23,24,26,27)/b14-9+. The zero-order valence-corrected chi connectivity index (χ0v) is 16.4. The predicted molar refractivity (Wildman–Crippen MR) is 112 cm³/mol. The molecular weight excluding hydrogens is 382 g/mol. The number of hydrogen-bond donors (Lipinski definition) is 3. The molecule has 5 rings (SSSR count). The van der Waals surface area contributed by atoms with Crippen molar-refractivity contribution in [1.29, 1.82) is 0 Å². The van der Waals surface area contributed by atoms with Crippen LogP contribution in [0.1, 0.15) is 43.4 Å². The number of anilines is 2. The van der Waals surface area contributed by atoms with Crippen LogP contribution in [0.2, 0.25) is 0 Å². The normalized spacial score (nSPS) is 18.6. The van der Waals surface area contributed by atoms with Crippen LogP contribution in [0, 0.1) is 0 Å². The Kier molecular flexibility index (Phi) is 4.42. The van der Waals surface area contributed by atoms with Gasteiger partial charge in [-0.2, -0.15) is 19.6 Å². The number of fused-ring (bicyclic) bond motifs is 1. The SMILES string of the molecule is CC(Nc1nc(NC2CC2)n2ncc(/C=C3\CC(=O)NC3=O)c2n1)c1ccccc1. The molecule has 0 radical (unpaired) electrons. The summed E-state index contributed by atoms with van der Waals surface area (Å²) in [5, 5.41) is 13.4. The van der Waals surface area contributed by atoms with Crippen molar-refractivity contribution in [2.24, 2.45) is 0 Å². The lowest BCUT2D eigenvalue weighted by molar-refractivity contribution is -0.124. The molecular formula is C21H21N7O2. The van der Waals surface area contributed by atoms with Gasteiger partial charge in [0, 0.05) is 17.2 Å². The zero-order chi connectivity index (χ0) is 20.7. The summed E-state index contributed by atoms with van der Waals surface area (Å²) in [5.41, 5.74) is 2.74. The third-order valence-electron chi connectivity index (χ3n) is 5.18. The molecule has 3 heterocycles. The lowest BCUT2D eigenvalue weighted by atomic mass is 10.1. The summed E-state index contributed by atoms with van der Waals surface area (Å²) in [6.07, 6.45) is 5.55. The first-order valence-electron chi connectivity index (χ1n) is 9.95. The molecule has 152 valence electrons. The van der Waals surface area contributed by atoms with Gasteiger partial charge in [-0.1, -0.05) is 30.3 Å². The van der Waals surface area contributed by atoms with E-state index in [4.69, 9.17) is 0 Å². The third-order valence-corrected chi connectivity index (χ3v) is 5.18. The van der Waals surface area contributed by atoms with E-state index in [9.17, 15) is 9.59 Å². The largest absolute Gasteiger partial charge is 0.351 e. The Morgan fingerprint density at radius 3 is 2.70 bits per heavy atom. The monoisotopic (exact) mass is 403 g/mol. The molecule has 1 atom stereocenters. The fourth-order valence-electron chi connectivity index (χ4n) is 3.39. The summed E-state index contributed by atoms with van der Waals surface area (Å²) in [6.45, 7) is 2.05. The van der Waals surface area contributed by atoms with Crippen LogP contribution in [0.5, 0.6) is 0 Å². The highest BCUT2D eigenvalue weighted by molar-refractivity contribution is 6.15. The molecule has 0 bridgehead atoms. The van der Waals surface area contributed by atoms with Crippen molar-refractivity contribution in [1.82, 2.24) is 24.9 Å². The zero-order valence-electron chi connectivity index (χ0n) is 16.4. The van der Waals surface area contributed by atoms with Gasteiger partial charge >= 0.3 is 0 Å². The van der Waals surface area contributed by atoms with Gasteiger partial charge in [0.2, 0.25) is 17.8 Å². The van der Waals surface area contributed by atoms with Gasteiger partial charge < -0.3 is 10.6 Å². The highest BCUT2D eigenvalue weighted by Gasteiger charge is 2.26. The first kappa shape index (κ1) is 18.3. The van der Waals surface area contributed by atoms with Crippen LogP contribution in [0.3, 0.4) is 0 Å². The maximum Gasteiger partial charge on any atom is 0.254 e. The molecule has 1 aromatic carbocycles. The molecule has 1 aliphatic carbocycles. The fraction of sp³-hybridized carbons (Fsp3) is 0.286. The van der Waals surface area contributed by atoms with Gasteiger partial charge in [0.25, 0.3) is 5.91 Å². The van der Waals surface area contributed by atoms with Gasteiger partial charge in [-0.15, -0.1) is 0 Å². The summed E-state index contributed by atoms with van der Waals surface area (Å²) in [4.78, 5) is 32.7. The number of imide groups is 1. The van der Waals surface area contributed by atoms with Crippen LogP contribution in [-0.4, -0.2) is 37.4 Å². The molecule has 2 aromatic heterocycles. The number of aromatic nitrogens is 4. The lowest BCUT2D eigenvalue weighted by Crippen LogP contribution is -2.19. The lowest BCUT2D eigenvalue weighted by Gasteiger charge is -2.15. The Bertz CT molecular complexity index is 1160. The van der Waals surface area contributed by atoms with Gasteiger partial charge in [0.1, 0.15) is 0 Å². The average molecular weight is 403 g/mol. The van der Waals surface area contributed by atoms with Crippen LogP contribution in [-0.2, 0) is 9.59 Å². The van der Waals surface area contributed by atoms with Gasteiger partial charge in [-0.05, 0) is 31.4 Å². The van der Waals surface area contributed by atoms with Crippen molar-refractivity contribution in [2.75, 3.05) is 10.6 Å². The number of nitrogens with one attached hydrogen (secondary N) is 3.